The van der Waals surface area contributed by atoms with Gasteiger partial charge in [-0.1, -0.05) is 18.2 Å². The second-order valence-corrected chi connectivity index (χ2v) is 5.75. The number of aromatic nitrogens is 2. The van der Waals surface area contributed by atoms with Crippen LogP contribution in [0.5, 0.6) is 11.5 Å². The second kappa shape index (κ2) is 8.18. The van der Waals surface area contributed by atoms with E-state index in [1.54, 1.807) is 26.4 Å². The summed E-state index contributed by atoms with van der Waals surface area (Å²) in [6.07, 6.45) is 2.93. The fourth-order valence-electron chi connectivity index (χ4n) is 2.47. The van der Waals surface area contributed by atoms with Crippen LogP contribution in [0.15, 0.2) is 54.9 Å². The Kier molecular flexibility index (Phi) is 5.51. The Balaban J connectivity index is 1.70. The molecular weight excluding hydrogens is 344 g/mol. The van der Waals surface area contributed by atoms with E-state index in [-0.39, 0.29) is 11.6 Å². The molecule has 0 spiro atoms. The van der Waals surface area contributed by atoms with Crippen molar-refractivity contribution >= 4 is 23.1 Å². The molecule has 0 saturated heterocycles. The van der Waals surface area contributed by atoms with Gasteiger partial charge in [-0.25, -0.2) is 9.97 Å². The zero-order chi connectivity index (χ0) is 19.2. The van der Waals surface area contributed by atoms with Gasteiger partial charge in [0.2, 0.25) is 0 Å². The molecule has 3 rings (SSSR count). The standard InChI is InChI=1S/C20H20N4O3/c1-13-6-4-5-7-15(13)24-20(25)16-11-22-19(12-21-16)23-14-8-9-17(26-2)18(10-14)27-3/h4-12H,1-3H3,(H,22,23)(H,24,25). The Morgan fingerprint density at radius 3 is 2.41 bits per heavy atom. The van der Waals surface area contributed by atoms with Crippen LogP contribution in [-0.4, -0.2) is 30.1 Å². The highest BCUT2D eigenvalue weighted by atomic mass is 16.5. The minimum Gasteiger partial charge on any atom is -0.493 e. The molecule has 0 bridgehead atoms. The molecule has 7 heteroatoms. The fourth-order valence-corrected chi connectivity index (χ4v) is 2.47. The van der Waals surface area contributed by atoms with E-state index in [4.69, 9.17) is 9.47 Å². The van der Waals surface area contributed by atoms with Crippen molar-refractivity contribution in [1.82, 2.24) is 9.97 Å². The average Bonchev–Trinajstić information content (AvgIpc) is 2.70. The molecular formula is C20H20N4O3. The maximum atomic E-state index is 12.3. The quantitative estimate of drug-likeness (QED) is 0.692. The minimum atomic E-state index is -0.311. The third-order valence-electron chi connectivity index (χ3n) is 3.93. The van der Waals surface area contributed by atoms with Gasteiger partial charge in [0, 0.05) is 17.4 Å². The number of ether oxygens (including phenoxy) is 2. The molecule has 0 aliphatic carbocycles. The maximum absolute atomic E-state index is 12.3. The van der Waals surface area contributed by atoms with E-state index in [1.165, 1.54) is 12.4 Å². The van der Waals surface area contributed by atoms with Gasteiger partial charge in [0.1, 0.15) is 11.5 Å². The van der Waals surface area contributed by atoms with E-state index < -0.39 is 0 Å². The first kappa shape index (κ1) is 18.2. The van der Waals surface area contributed by atoms with Crippen molar-refractivity contribution in [3.8, 4) is 11.5 Å². The van der Waals surface area contributed by atoms with Crippen LogP contribution >= 0.6 is 0 Å². The molecule has 27 heavy (non-hydrogen) atoms. The SMILES string of the molecule is COc1ccc(Nc2cnc(C(=O)Nc3ccccc3C)cn2)cc1OC. The van der Waals surface area contributed by atoms with Crippen molar-refractivity contribution in [3.05, 3.63) is 66.1 Å². The number of benzene rings is 2. The van der Waals surface area contributed by atoms with Crippen LogP contribution in [0.1, 0.15) is 16.1 Å². The highest BCUT2D eigenvalue weighted by Crippen LogP contribution is 2.30. The summed E-state index contributed by atoms with van der Waals surface area (Å²) in [5.74, 6) is 1.44. The highest BCUT2D eigenvalue weighted by molar-refractivity contribution is 6.03. The van der Waals surface area contributed by atoms with Gasteiger partial charge in [-0.3, -0.25) is 4.79 Å². The van der Waals surface area contributed by atoms with Gasteiger partial charge >= 0.3 is 0 Å². The number of carbonyl (C=O) groups excluding carboxylic acids is 1. The summed E-state index contributed by atoms with van der Waals surface area (Å²) in [6.45, 7) is 1.93. The first-order valence-corrected chi connectivity index (χ1v) is 8.29. The topological polar surface area (TPSA) is 85.4 Å². The number of nitrogens with zero attached hydrogens (tertiary/aromatic N) is 2. The van der Waals surface area contributed by atoms with Crippen molar-refractivity contribution in [2.75, 3.05) is 24.9 Å². The van der Waals surface area contributed by atoms with Crippen LogP contribution in [0.3, 0.4) is 0 Å². The molecule has 1 aromatic heterocycles. The molecule has 0 atom stereocenters. The summed E-state index contributed by atoms with van der Waals surface area (Å²) in [7, 11) is 3.15. The van der Waals surface area contributed by atoms with E-state index in [2.05, 4.69) is 20.6 Å². The molecule has 0 aliphatic rings. The molecule has 0 unspecified atom stereocenters. The Labute approximate surface area is 157 Å². The Hall–Kier alpha value is -3.61. The summed E-state index contributed by atoms with van der Waals surface area (Å²) in [4.78, 5) is 20.8. The summed E-state index contributed by atoms with van der Waals surface area (Å²) in [5, 5.41) is 5.95. The van der Waals surface area contributed by atoms with Crippen molar-refractivity contribution in [2.24, 2.45) is 0 Å². The van der Waals surface area contributed by atoms with Crippen molar-refractivity contribution in [2.45, 2.75) is 6.92 Å². The lowest BCUT2D eigenvalue weighted by atomic mass is 10.2. The number of methoxy groups -OCH3 is 2. The molecule has 0 saturated carbocycles. The third-order valence-corrected chi connectivity index (χ3v) is 3.93. The van der Waals surface area contributed by atoms with E-state index in [0.717, 1.165) is 16.9 Å². The van der Waals surface area contributed by atoms with E-state index in [1.807, 2.05) is 37.3 Å². The smallest absolute Gasteiger partial charge is 0.275 e. The van der Waals surface area contributed by atoms with Gasteiger partial charge in [-0.05, 0) is 30.7 Å². The molecule has 0 fully saturated rings. The number of carbonyl (C=O) groups is 1. The number of nitrogens with one attached hydrogen (secondary N) is 2. The summed E-state index contributed by atoms with van der Waals surface area (Å²) in [6, 6.07) is 13.0. The number of hydrogen-bond acceptors (Lipinski definition) is 6. The van der Waals surface area contributed by atoms with Crippen LogP contribution in [0, 0.1) is 6.92 Å². The molecule has 7 nitrogen and oxygen atoms in total. The largest absolute Gasteiger partial charge is 0.493 e. The van der Waals surface area contributed by atoms with Gasteiger partial charge in [-0.2, -0.15) is 0 Å². The lowest BCUT2D eigenvalue weighted by Crippen LogP contribution is -2.15. The van der Waals surface area contributed by atoms with Gasteiger partial charge in [0.05, 0.1) is 26.6 Å². The lowest BCUT2D eigenvalue weighted by Gasteiger charge is -2.11. The van der Waals surface area contributed by atoms with Crippen LogP contribution in [0.2, 0.25) is 0 Å². The summed E-state index contributed by atoms with van der Waals surface area (Å²) in [5.41, 5.74) is 2.72. The number of hydrogen-bond donors (Lipinski definition) is 2. The molecule has 0 radical (unpaired) electrons. The highest BCUT2D eigenvalue weighted by Gasteiger charge is 2.10. The van der Waals surface area contributed by atoms with Crippen LogP contribution < -0.4 is 20.1 Å². The molecule has 1 amide bonds. The second-order valence-electron chi connectivity index (χ2n) is 5.75. The normalized spacial score (nSPS) is 10.2. The molecule has 0 aliphatic heterocycles. The third kappa shape index (κ3) is 4.33. The number of amides is 1. The van der Waals surface area contributed by atoms with E-state index >= 15 is 0 Å². The van der Waals surface area contributed by atoms with Gasteiger partial charge < -0.3 is 20.1 Å². The molecule has 3 aromatic rings. The van der Waals surface area contributed by atoms with Gasteiger partial charge in [0.25, 0.3) is 5.91 Å². The number of aryl methyl sites for hydroxylation is 1. The summed E-state index contributed by atoms with van der Waals surface area (Å²) < 4.78 is 10.5. The average molecular weight is 364 g/mol. The zero-order valence-corrected chi connectivity index (χ0v) is 15.3. The number of para-hydroxylation sites is 1. The maximum Gasteiger partial charge on any atom is 0.275 e. The van der Waals surface area contributed by atoms with Gasteiger partial charge in [-0.15, -0.1) is 0 Å². The fraction of sp³-hybridized carbons (Fsp3) is 0.150. The number of anilines is 3. The van der Waals surface area contributed by atoms with Crippen molar-refractivity contribution in [1.29, 1.82) is 0 Å². The minimum absolute atomic E-state index is 0.233. The first-order valence-electron chi connectivity index (χ1n) is 8.29. The van der Waals surface area contributed by atoms with E-state index in [0.29, 0.717) is 17.3 Å². The predicted molar refractivity (Wildman–Crippen MR) is 104 cm³/mol. The van der Waals surface area contributed by atoms with Crippen LogP contribution in [-0.2, 0) is 0 Å². The number of rotatable bonds is 6. The van der Waals surface area contributed by atoms with Crippen LogP contribution in [0.4, 0.5) is 17.2 Å². The Bertz CT molecular complexity index is 942. The molecule has 2 aromatic carbocycles. The predicted octanol–water partition coefficient (Wildman–Crippen LogP) is 3.80. The monoisotopic (exact) mass is 364 g/mol. The van der Waals surface area contributed by atoms with Crippen molar-refractivity contribution in [3.63, 3.8) is 0 Å². The van der Waals surface area contributed by atoms with Crippen LogP contribution in [0.25, 0.3) is 0 Å². The first-order chi connectivity index (χ1) is 13.1. The molecule has 2 N–H and O–H groups in total. The zero-order valence-electron chi connectivity index (χ0n) is 15.3. The lowest BCUT2D eigenvalue weighted by molar-refractivity contribution is 0.102. The molecule has 1 heterocycles. The molecule has 138 valence electrons. The van der Waals surface area contributed by atoms with E-state index in [9.17, 15) is 4.79 Å². The van der Waals surface area contributed by atoms with Crippen molar-refractivity contribution < 1.29 is 14.3 Å². The van der Waals surface area contributed by atoms with Gasteiger partial charge in [0.15, 0.2) is 11.5 Å². The Morgan fingerprint density at radius 2 is 1.74 bits per heavy atom. The Morgan fingerprint density at radius 1 is 0.963 bits per heavy atom. The summed E-state index contributed by atoms with van der Waals surface area (Å²) >= 11 is 0.